The maximum absolute atomic E-state index is 12.4. The van der Waals surface area contributed by atoms with Crippen LogP contribution in [0.1, 0.15) is 31.2 Å². The number of amides is 3. The quantitative estimate of drug-likeness (QED) is 0.275. The number of carbonyl (C=O) groups is 4. The van der Waals surface area contributed by atoms with Crippen LogP contribution in [0.15, 0.2) is 40.7 Å². The lowest BCUT2D eigenvalue weighted by atomic mass is 10.2. The lowest BCUT2D eigenvalue weighted by molar-refractivity contribution is -0.197. The summed E-state index contributed by atoms with van der Waals surface area (Å²) in [7, 11) is 0. The lowest BCUT2D eigenvalue weighted by Gasteiger charge is -2.16. The van der Waals surface area contributed by atoms with Crippen molar-refractivity contribution >= 4 is 35.3 Å². The molecule has 0 unspecified atom stereocenters. The average Bonchev–Trinajstić information content (AvgIpc) is 2.98. The summed E-state index contributed by atoms with van der Waals surface area (Å²) in [4.78, 5) is 51.8. The molecule has 144 valence electrons. The van der Waals surface area contributed by atoms with Crippen molar-refractivity contribution in [3.05, 3.63) is 35.9 Å². The van der Waals surface area contributed by atoms with E-state index in [0.717, 1.165) is 10.6 Å². The zero-order valence-electron chi connectivity index (χ0n) is 14.5. The van der Waals surface area contributed by atoms with E-state index in [4.69, 9.17) is 16.4 Å². The van der Waals surface area contributed by atoms with Gasteiger partial charge in [0.25, 0.3) is 11.8 Å². The molecule has 1 aromatic rings. The molecule has 0 aliphatic carbocycles. The third-order valence-corrected chi connectivity index (χ3v) is 3.73. The third-order valence-electron chi connectivity index (χ3n) is 3.56. The molecular formula is C17H19ClN4O5. The predicted molar refractivity (Wildman–Crippen MR) is 93.8 cm³/mol. The fraction of sp³-hybridized carbons (Fsp3) is 0.412. The Bertz CT molecular complexity index is 709. The van der Waals surface area contributed by atoms with Crippen molar-refractivity contribution in [1.82, 2.24) is 10.1 Å². The first kappa shape index (κ1) is 20.5. The fourth-order valence-electron chi connectivity index (χ4n) is 2.23. The van der Waals surface area contributed by atoms with E-state index in [2.05, 4.69) is 10.3 Å². The second kappa shape index (κ2) is 10.4. The Labute approximate surface area is 160 Å². The Hall–Kier alpha value is -2.81. The van der Waals surface area contributed by atoms with Gasteiger partial charge < -0.3 is 4.84 Å². The van der Waals surface area contributed by atoms with Gasteiger partial charge in [-0.05, 0) is 5.56 Å². The van der Waals surface area contributed by atoms with Crippen LogP contribution in [0.4, 0.5) is 0 Å². The first-order valence-corrected chi connectivity index (χ1v) is 8.89. The van der Waals surface area contributed by atoms with Crippen molar-refractivity contribution in [2.75, 3.05) is 12.4 Å². The Morgan fingerprint density at radius 2 is 1.78 bits per heavy atom. The first-order chi connectivity index (χ1) is 13.0. The molecule has 1 aliphatic heterocycles. The van der Waals surface area contributed by atoms with Gasteiger partial charge in [-0.25, -0.2) is 9.80 Å². The van der Waals surface area contributed by atoms with Crippen LogP contribution in [0.3, 0.4) is 0 Å². The number of alkyl halides is 1. The number of halogens is 1. The van der Waals surface area contributed by atoms with E-state index >= 15 is 0 Å². The van der Waals surface area contributed by atoms with Crippen LogP contribution in [0.25, 0.3) is 0 Å². The second-order valence-corrected chi connectivity index (χ2v) is 6.00. The number of imide groups is 1. The number of hydrogen-bond acceptors (Lipinski definition) is 7. The molecule has 1 aliphatic rings. The van der Waals surface area contributed by atoms with Gasteiger partial charge in [0.1, 0.15) is 0 Å². The highest BCUT2D eigenvalue weighted by Gasteiger charge is 2.32. The Morgan fingerprint density at radius 3 is 2.41 bits per heavy atom. The van der Waals surface area contributed by atoms with Gasteiger partial charge in [-0.3, -0.25) is 14.4 Å². The minimum Gasteiger partial charge on any atom is -0.330 e. The topological polar surface area (TPSA) is 109 Å². The zero-order chi connectivity index (χ0) is 19.6. The minimum absolute atomic E-state index is 0.0108. The molecule has 0 bridgehead atoms. The van der Waals surface area contributed by atoms with Crippen molar-refractivity contribution in [3.8, 4) is 0 Å². The Balaban J connectivity index is 1.91. The molecule has 9 nitrogen and oxygen atoms in total. The van der Waals surface area contributed by atoms with E-state index in [1.807, 2.05) is 30.3 Å². The summed E-state index contributed by atoms with van der Waals surface area (Å²) in [6.07, 6.45) is -0.484. The van der Waals surface area contributed by atoms with Crippen LogP contribution in [0, 0.1) is 0 Å². The van der Waals surface area contributed by atoms with Gasteiger partial charge in [0.2, 0.25) is 5.91 Å². The molecule has 1 heterocycles. The number of carbonyl (C=O) groups excluding carboxylic acids is 4. The van der Waals surface area contributed by atoms with E-state index < -0.39 is 23.7 Å². The number of hydroxylamine groups is 2. The lowest BCUT2D eigenvalue weighted by Crippen LogP contribution is -2.32. The molecule has 3 amide bonds. The molecule has 0 spiro atoms. The number of benzene rings is 1. The van der Waals surface area contributed by atoms with Crippen LogP contribution in [-0.4, -0.2) is 46.2 Å². The Morgan fingerprint density at radius 1 is 1.11 bits per heavy atom. The largest absolute Gasteiger partial charge is 0.333 e. The molecule has 27 heavy (non-hydrogen) atoms. The van der Waals surface area contributed by atoms with Crippen molar-refractivity contribution < 1.29 is 24.0 Å². The minimum atomic E-state index is -0.843. The van der Waals surface area contributed by atoms with Crippen molar-refractivity contribution in [1.29, 1.82) is 0 Å². The van der Waals surface area contributed by atoms with Crippen LogP contribution >= 0.6 is 11.6 Å². The smallest absolute Gasteiger partial charge is 0.330 e. The standard InChI is InChI=1S/C17H19ClN4O5/c18-10-11-19-20-21(12-13-4-2-1-3-5-13)14(23)8-9-17(26)27-22-15(24)6-7-16(22)25/h1-5H,6-12H2. The molecule has 0 atom stereocenters. The molecule has 2 rings (SSSR count). The van der Waals surface area contributed by atoms with Crippen molar-refractivity contribution in [3.63, 3.8) is 0 Å². The second-order valence-electron chi connectivity index (χ2n) is 5.63. The Kier molecular flexibility index (Phi) is 7.87. The van der Waals surface area contributed by atoms with E-state index in [1.165, 1.54) is 0 Å². The SMILES string of the molecule is O=C(CCC(=O)N(Cc1ccccc1)N=NCCCl)ON1C(=O)CCC1=O. The maximum Gasteiger partial charge on any atom is 0.333 e. The van der Waals surface area contributed by atoms with Crippen LogP contribution in [0.2, 0.25) is 0 Å². The van der Waals surface area contributed by atoms with E-state index in [0.29, 0.717) is 5.06 Å². The summed E-state index contributed by atoms with van der Waals surface area (Å²) < 4.78 is 0. The molecule has 0 N–H and O–H groups in total. The van der Waals surface area contributed by atoms with Crippen LogP contribution in [0.5, 0.6) is 0 Å². The van der Waals surface area contributed by atoms with Gasteiger partial charge >= 0.3 is 5.97 Å². The van der Waals surface area contributed by atoms with Gasteiger partial charge in [0.15, 0.2) is 0 Å². The molecule has 0 aromatic heterocycles. The highest BCUT2D eigenvalue weighted by molar-refractivity contribution is 6.18. The fourth-order valence-corrected chi connectivity index (χ4v) is 2.30. The van der Waals surface area contributed by atoms with Crippen molar-refractivity contribution in [2.24, 2.45) is 10.3 Å². The van der Waals surface area contributed by atoms with Crippen LogP contribution in [-0.2, 0) is 30.6 Å². The number of rotatable bonds is 9. The molecule has 1 fully saturated rings. The van der Waals surface area contributed by atoms with Crippen LogP contribution < -0.4 is 0 Å². The molecule has 1 aromatic carbocycles. The van der Waals surface area contributed by atoms with Gasteiger partial charge in [-0.15, -0.1) is 16.7 Å². The monoisotopic (exact) mass is 394 g/mol. The van der Waals surface area contributed by atoms with E-state index in [-0.39, 0.29) is 44.7 Å². The molecule has 10 heteroatoms. The maximum atomic E-state index is 12.4. The number of nitrogens with zero attached hydrogens (tertiary/aromatic N) is 4. The van der Waals surface area contributed by atoms with Gasteiger partial charge in [-0.1, -0.05) is 35.6 Å². The molecular weight excluding hydrogens is 376 g/mol. The predicted octanol–water partition coefficient (Wildman–Crippen LogP) is 2.01. The van der Waals surface area contributed by atoms with E-state index in [9.17, 15) is 19.2 Å². The summed E-state index contributed by atoms with van der Waals surface area (Å²) in [5.74, 6) is -2.17. The summed E-state index contributed by atoms with van der Waals surface area (Å²) in [6.45, 7) is 0.435. The normalized spacial score (nSPS) is 14.0. The van der Waals surface area contributed by atoms with Gasteiger partial charge in [0, 0.05) is 25.1 Å². The highest BCUT2D eigenvalue weighted by Crippen LogP contribution is 2.14. The first-order valence-electron chi connectivity index (χ1n) is 8.35. The van der Waals surface area contributed by atoms with Gasteiger partial charge in [-0.2, -0.15) is 5.11 Å². The zero-order valence-corrected chi connectivity index (χ0v) is 15.3. The summed E-state index contributed by atoms with van der Waals surface area (Å²) in [5.41, 5.74) is 0.839. The third kappa shape index (κ3) is 6.45. The average molecular weight is 395 g/mol. The summed E-state index contributed by atoms with van der Waals surface area (Å²) in [5, 5.41) is 9.28. The molecule has 0 radical (unpaired) electrons. The molecule has 0 saturated carbocycles. The summed E-state index contributed by atoms with van der Waals surface area (Å²) in [6, 6.07) is 9.17. The van der Waals surface area contributed by atoms with Crippen molar-refractivity contribution in [2.45, 2.75) is 32.2 Å². The summed E-state index contributed by atoms with van der Waals surface area (Å²) >= 11 is 5.55. The number of hydrogen-bond donors (Lipinski definition) is 0. The highest BCUT2D eigenvalue weighted by atomic mass is 35.5. The van der Waals surface area contributed by atoms with Gasteiger partial charge in [0.05, 0.1) is 19.5 Å². The molecule has 1 saturated heterocycles. The van der Waals surface area contributed by atoms with E-state index in [1.54, 1.807) is 0 Å².